The summed E-state index contributed by atoms with van der Waals surface area (Å²) < 4.78 is 0. The summed E-state index contributed by atoms with van der Waals surface area (Å²) >= 11 is 0. The van der Waals surface area contributed by atoms with Crippen LogP contribution in [0.5, 0.6) is 0 Å². The molecule has 9 heterocycles. The van der Waals surface area contributed by atoms with Gasteiger partial charge in [-0.05, 0) is 112 Å². The Balaban J connectivity index is 0.000000136. The normalized spacial score (nSPS) is 11.0. The van der Waals surface area contributed by atoms with E-state index in [2.05, 4.69) is 176 Å². The molecular weight excluding hydrogens is 967 g/mol. The zero-order chi connectivity index (χ0) is 55.6. The second-order valence-corrected chi connectivity index (χ2v) is 20.2. The van der Waals surface area contributed by atoms with Crippen molar-refractivity contribution in [3.8, 4) is 0 Å². The lowest BCUT2D eigenvalue weighted by atomic mass is 10.0. The molecule has 0 radical (unpaired) electrons. The minimum Gasteiger partial charge on any atom is -0.253 e. The first kappa shape index (κ1) is 56.9. The molecule has 12 aromatic rings. The van der Waals surface area contributed by atoms with Crippen molar-refractivity contribution in [2.45, 2.75) is 119 Å². The number of nitrogens with zero attached hydrogens (tertiary/aromatic N) is 15. The van der Waals surface area contributed by atoms with Crippen molar-refractivity contribution in [2.75, 3.05) is 0 Å². The third kappa shape index (κ3) is 15.6. The Kier molecular flexibility index (Phi) is 20.3. The van der Waals surface area contributed by atoms with Gasteiger partial charge in [0.25, 0.3) is 0 Å². The summed E-state index contributed by atoms with van der Waals surface area (Å²) in [4.78, 5) is 63.8. The summed E-state index contributed by atoms with van der Waals surface area (Å²) in [5.41, 5.74) is 17.8. The van der Waals surface area contributed by atoms with E-state index < -0.39 is 0 Å². The van der Waals surface area contributed by atoms with Crippen LogP contribution in [0.3, 0.4) is 0 Å². The molecule has 0 unspecified atom stereocenters. The molecule has 0 bridgehead atoms. The lowest BCUT2D eigenvalue weighted by molar-refractivity contribution is 0.822. The van der Waals surface area contributed by atoms with Gasteiger partial charge in [0.05, 0.1) is 38.8 Å². The Labute approximate surface area is 457 Å². The van der Waals surface area contributed by atoms with Crippen LogP contribution < -0.4 is 0 Å². The summed E-state index contributed by atoms with van der Waals surface area (Å²) in [6, 6.07) is 28.3. The Hall–Kier alpha value is -8.85. The highest BCUT2D eigenvalue weighted by Crippen LogP contribution is 2.23. The Morgan fingerprint density at radius 2 is 0.756 bits per heavy atom. The molecule has 15 heteroatoms. The summed E-state index contributed by atoms with van der Waals surface area (Å²) in [6.07, 6.45) is 22.5. The molecule has 78 heavy (non-hydrogen) atoms. The monoisotopic (exact) mass is 1040 g/mol. The molecular formula is C63H69N15. The second kappa shape index (κ2) is 27.8. The van der Waals surface area contributed by atoms with Crippen molar-refractivity contribution >= 4 is 66.6 Å². The Bertz CT molecular complexity index is 3380. The fraction of sp³-hybridized carbons (Fsp3) is 0.286. The molecule has 0 aliphatic heterocycles. The van der Waals surface area contributed by atoms with Crippen molar-refractivity contribution < 1.29 is 0 Å². The maximum Gasteiger partial charge on any atom is 0.178 e. The molecule has 396 valence electrons. The van der Waals surface area contributed by atoms with Gasteiger partial charge in [-0.15, -0.1) is 0 Å². The standard InChI is InChI=1S/3C11H12N2.3C10H11N3/c1-8(2)9-3-4-10-11(7-9)13-6-5-12-10;1-8(2)9-4-3-5-10-11(9)13-7-6-12-10;1-8(2)11-7-12-9-5-3-4-6-10(9)13-11;1-7(2)8-5-9-10(13-6-8)12-4-3-11-9;1-7(2)8-3-4-12-10-9(8)11-5-6-13-10;1-7(2)8-3-4-9-10(13-8)12-6-5-11-9/h3*3-8H,1-2H3;3*3-7H,1-2H3. The lowest BCUT2D eigenvalue weighted by Crippen LogP contribution is -1.94. The molecule has 0 atom stereocenters. The van der Waals surface area contributed by atoms with Crippen LogP contribution in [-0.4, -0.2) is 74.8 Å². The van der Waals surface area contributed by atoms with Crippen molar-refractivity contribution in [3.05, 3.63) is 199 Å². The van der Waals surface area contributed by atoms with Crippen LogP contribution in [0, 0.1) is 0 Å². The molecule has 0 N–H and O–H groups in total. The molecule has 0 spiro atoms. The summed E-state index contributed by atoms with van der Waals surface area (Å²) in [5, 5.41) is 0. The van der Waals surface area contributed by atoms with Crippen molar-refractivity contribution in [2.24, 2.45) is 0 Å². The van der Waals surface area contributed by atoms with Gasteiger partial charge in [0.1, 0.15) is 16.6 Å². The van der Waals surface area contributed by atoms with Crippen molar-refractivity contribution in [3.63, 3.8) is 0 Å². The van der Waals surface area contributed by atoms with Crippen molar-refractivity contribution in [1.29, 1.82) is 0 Å². The first-order valence-electron chi connectivity index (χ1n) is 26.5. The molecule has 0 aliphatic rings. The van der Waals surface area contributed by atoms with Crippen LogP contribution in [0.25, 0.3) is 66.6 Å². The van der Waals surface area contributed by atoms with Crippen LogP contribution in [0.15, 0.2) is 165 Å². The highest BCUT2D eigenvalue weighted by molar-refractivity contribution is 5.78. The minimum atomic E-state index is 0.436. The number of hydrogen-bond acceptors (Lipinski definition) is 15. The van der Waals surface area contributed by atoms with E-state index in [9.17, 15) is 0 Å². The zero-order valence-electron chi connectivity index (χ0n) is 46.8. The third-order valence-corrected chi connectivity index (χ3v) is 12.4. The van der Waals surface area contributed by atoms with Gasteiger partial charge in [0, 0.05) is 86.3 Å². The largest absolute Gasteiger partial charge is 0.253 e. The highest BCUT2D eigenvalue weighted by atomic mass is 14.9. The van der Waals surface area contributed by atoms with Crippen LogP contribution >= 0.6 is 0 Å². The lowest BCUT2D eigenvalue weighted by Gasteiger charge is -2.07. The Morgan fingerprint density at radius 3 is 1.42 bits per heavy atom. The third-order valence-electron chi connectivity index (χ3n) is 12.4. The van der Waals surface area contributed by atoms with Gasteiger partial charge in [0.2, 0.25) is 0 Å². The average molecular weight is 1040 g/mol. The predicted molar refractivity (Wildman–Crippen MR) is 315 cm³/mol. The molecule has 12 rings (SSSR count). The van der Waals surface area contributed by atoms with E-state index in [-0.39, 0.29) is 0 Å². The topological polar surface area (TPSA) is 193 Å². The van der Waals surface area contributed by atoms with Gasteiger partial charge in [-0.1, -0.05) is 113 Å². The summed E-state index contributed by atoms with van der Waals surface area (Å²) in [6.45, 7) is 25.7. The number of pyridine rings is 3. The highest BCUT2D eigenvalue weighted by Gasteiger charge is 2.09. The molecule has 15 nitrogen and oxygen atoms in total. The van der Waals surface area contributed by atoms with Crippen LogP contribution in [0.2, 0.25) is 0 Å². The van der Waals surface area contributed by atoms with Gasteiger partial charge in [-0.3, -0.25) is 39.9 Å². The molecule has 3 aromatic carbocycles. The van der Waals surface area contributed by atoms with E-state index in [4.69, 9.17) is 0 Å². The molecule has 0 amide bonds. The number of fused-ring (bicyclic) bond motifs is 6. The van der Waals surface area contributed by atoms with Crippen LogP contribution in [0.1, 0.15) is 152 Å². The summed E-state index contributed by atoms with van der Waals surface area (Å²) in [7, 11) is 0. The van der Waals surface area contributed by atoms with Gasteiger partial charge in [-0.2, -0.15) is 0 Å². The maximum atomic E-state index is 4.51. The fourth-order valence-electron chi connectivity index (χ4n) is 7.81. The van der Waals surface area contributed by atoms with Gasteiger partial charge in [-0.25, -0.2) is 34.9 Å². The molecule has 0 saturated heterocycles. The predicted octanol–water partition coefficient (Wildman–Crippen LogP) is 14.7. The van der Waals surface area contributed by atoms with Crippen LogP contribution in [0.4, 0.5) is 0 Å². The maximum absolute atomic E-state index is 4.51. The van der Waals surface area contributed by atoms with E-state index >= 15 is 0 Å². The quantitative estimate of drug-likeness (QED) is 0.152. The first-order valence-corrected chi connectivity index (χ1v) is 26.5. The van der Waals surface area contributed by atoms with Gasteiger partial charge < -0.3 is 0 Å². The van der Waals surface area contributed by atoms with E-state index in [1.165, 1.54) is 22.3 Å². The van der Waals surface area contributed by atoms with E-state index in [0.717, 1.165) is 72.3 Å². The second-order valence-electron chi connectivity index (χ2n) is 20.2. The SMILES string of the molecule is CC(C)c1ccc2nccnc2c1.CC(C)c1ccc2nccnc2n1.CC(C)c1cccc2nccnc12.CC(C)c1ccnc2nccnc12.CC(C)c1cnc2ccccc2n1.CC(C)c1cnc2nccnc2c1. The van der Waals surface area contributed by atoms with Crippen LogP contribution in [-0.2, 0) is 0 Å². The minimum absolute atomic E-state index is 0.436. The first-order chi connectivity index (χ1) is 37.7. The van der Waals surface area contributed by atoms with Gasteiger partial charge >= 0.3 is 0 Å². The number of hydrogen-bond donors (Lipinski definition) is 0. The molecule has 0 fully saturated rings. The van der Waals surface area contributed by atoms with Crippen molar-refractivity contribution in [1.82, 2.24) is 74.8 Å². The summed E-state index contributed by atoms with van der Waals surface area (Å²) in [5.74, 6) is 2.87. The number of rotatable bonds is 6. The average Bonchev–Trinajstić information content (AvgIpc) is 3.48. The Morgan fingerprint density at radius 1 is 0.256 bits per heavy atom. The molecule has 0 aliphatic carbocycles. The smallest absolute Gasteiger partial charge is 0.178 e. The number of para-hydroxylation sites is 3. The van der Waals surface area contributed by atoms with E-state index in [1.807, 2.05) is 79.1 Å². The molecule has 9 aromatic heterocycles. The number of aromatic nitrogens is 15. The zero-order valence-corrected chi connectivity index (χ0v) is 46.8. The fourth-order valence-corrected chi connectivity index (χ4v) is 7.81. The van der Waals surface area contributed by atoms with E-state index in [1.54, 1.807) is 68.2 Å². The van der Waals surface area contributed by atoms with E-state index in [0.29, 0.717) is 41.2 Å². The number of benzene rings is 3. The molecule has 0 saturated carbocycles. The van der Waals surface area contributed by atoms with Gasteiger partial charge in [0.15, 0.2) is 16.9 Å².